The molecular formula is C17H28N4O9. The van der Waals surface area contributed by atoms with Crippen molar-refractivity contribution in [2.24, 2.45) is 11.7 Å². The van der Waals surface area contributed by atoms with E-state index in [4.69, 9.17) is 15.9 Å². The summed E-state index contributed by atoms with van der Waals surface area (Å²) in [6.45, 7) is 2.66. The molecule has 0 saturated carbocycles. The van der Waals surface area contributed by atoms with Crippen molar-refractivity contribution in [3.05, 3.63) is 0 Å². The molecule has 0 aromatic rings. The molecule has 0 fully saturated rings. The molecule has 30 heavy (non-hydrogen) atoms. The predicted molar refractivity (Wildman–Crippen MR) is 101 cm³/mol. The molecule has 0 saturated heterocycles. The maximum Gasteiger partial charge on any atom is 0.326 e. The number of hydrogen-bond acceptors (Lipinski definition) is 7. The molecule has 0 aliphatic carbocycles. The summed E-state index contributed by atoms with van der Waals surface area (Å²) < 4.78 is 0. The molecule has 4 unspecified atom stereocenters. The maximum atomic E-state index is 12.3. The number of hydrogen-bond donors (Lipinski definition) is 7. The molecular weight excluding hydrogens is 404 g/mol. The number of carboxylic acid groups (broad SMARTS) is 3. The van der Waals surface area contributed by atoms with Crippen molar-refractivity contribution >= 4 is 35.6 Å². The number of carbonyl (C=O) groups excluding carboxylic acids is 3. The maximum absolute atomic E-state index is 12.3. The lowest BCUT2D eigenvalue weighted by Gasteiger charge is -2.23. The quantitative estimate of drug-likeness (QED) is 0.158. The van der Waals surface area contributed by atoms with Crippen molar-refractivity contribution in [1.29, 1.82) is 0 Å². The van der Waals surface area contributed by atoms with E-state index in [0.29, 0.717) is 6.42 Å². The molecule has 4 atom stereocenters. The Morgan fingerprint density at radius 2 is 1.53 bits per heavy atom. The third kappa shape index (κ3) is 10.4. The minimum atomic E-state index is -1.57. The molecule has 0 bridgehead atoms. The number of aliphatic carboxylic acids is 3. The highest BCUT2D eigenvalue weighted by Crippen LogP contribution is 2.08. The Morgan fingerprint density at radius 3 is 2.00 bits per heavy atom. The minimum absolute atomic E-state index is 0.154. The predicted octanol–water partition coefficient (Wildman–Crippen LogP) is -2.13. The van der Waals surface area contributed by atoms with Crippen molar-refractivity contribution in [3.8, 4) is 0 Å². The molecule has 0 radical (unpaired) electrons. The van der Waals surface area contributed by atoms with Crippen LogP contribution in [0.1, 0.15) is 39.5 Å². The number of nitrogens with two attached hydrogens (primary N) is 1. The van der Waals surface area contributed by atoms with Crippen LogP contribution in [0.4, 0.5) is 0 Å². The van der Waals surface area contributed by atoms with Crippen molar-refractivity contribution in [1.82, 2.24) is 16.0 Å². The number of carbonyl (C=O) groups is 6. The highest BCUT2D eigenvalue weighted by Gasteiger charge is 2.30. The van der Waals surface area contributed by atoms with E-state index in [1.54, 1.807) is 13.8 Å². The molecule has 0 heterocycles. The van der Waals surface area contributed by atoms with Crippen LogP contribution in [0.5, 0.6) is 0 Å². The van der Waals surface area contributed by atoms with Crippen LogP contribution in [0.25, 0.3) is 0 Å². The van der Waals surface area contributed by atoms with Gasteiger partial charge in [-0.25, -0.2) is 4.79 Å². The van der Waals surface area contributed by atoms with E-state index in [1.165, 1.54) is 0 Å². The van der Waals surface area contributed by atoms with Gasteiger partial charge in [0.15, 0.2) is 0 Å². The topological polar surface area (TPSA) is 225 Å². The van der Waals surface area contributed by atoms with Gasteiger partial charge in [-0.1, -0.05) is 20.3 Å². The zero-order valence-corrected chi connectivity index (χ0v) is 16.7. The zero-order chi connectivity index (χ0) is 23.4. The van der Waals surface area contributed by atoms with Crippen molar-refractivity contribution in [2.45, 2.75) is 57.7 Å². The standard InChI is InChI=1S/C17H28N4O9/c1-3-8(2)14(17(29)30)21-16(28)10(6-13(25)26)20-11(22)7-19-15(27)9(18)4-5-12(23)24/h8-10,14H,3-7,18H2,1-2H3,(H,19,27)(H,20,22)(H,21,28)(H,23,24)(H,25,26)(H,29,30). The first kappa shape index (κ1) is 26.8. The zero-order valence-electron chi connectivity index (χ0n) is 16.7. The molecule has 0 spiro atoms. The Morgan fingerprint density at radius 1 is 0.933 bits per heavy atom. The number of amides is 3. The van der Waals surface area contributed by atoms with Crippen molar-refractivity contribution in [2.75, 3.05) is 6.54 Å². The third-order valence-corrected chi connectivity index (χ3v) is 4.24. The average Bonchev–Trinajstić information content (AvgIpc) is 2.66. The summed E-state index contributed by atoms with van der Waals surface area (Å²) in [6.07, 6.45) is -0.876. The number of nitrogens with one attached hydrogen (secondary N) is 3. The summed E-state index contributed by atoms with van der Waals surface area (Å²) >= 11 is 0. The van der Waals surface area contributed by atoms with Crippen molar-refractivity contribution < 1.29 is 44.1 Å². The Balaban J connectivity index is 4.91. The van der Waals surface area contributed by atoms with Gasteiger partial charge in [0.25, 0.3) is 0 Å². The molecule has 13 nitrogen and oxygen atoms in total. The van der Waals surface area contributed by atoms with Gasteiger partial charge in [0.05, 0.1) is 19.0 Å². The van der Waals surface area contributed by atoms with E-state index < -0.39 is 72.6 Å². The van der Waals surface area contributed by atoms with Crippen LogP contribution in [0.2, 0.25) is 0 Å². The van der Waals surface area contributed by atoms with E-state index in [9.17, 15) is 33.9 Å². The number of carboxylic acids is 3. The van der Waals surface area contributed by atoms with Gasteiger partial charge in [0.2, 0.25) is 17.7 Å². The van der Waals surface area contributed by atoms with E-state index in [1.807, 2.05) is 0 Å². The van der Waals surface area contributed by atoms with Crippen LogP contribution in [0.3, 0.4) is 0 Å². The molecule has 0 rings (SSSR count). The average molecular weight is 432 g/mol. The Kier molecular flexibility index (Phi) is 11.7. The van der Waals surface area contributed by atoms with E-state index >= 15 is 0 Å². The molecule has 0 aromatic carbocycles. The number of rotatable bonds is 14. The second kappa shape index (κ2) is 13.1. The minimum Gasteiger partial charge on any atom is -0.481 e. The van der Waals surface area contributed by atoms with Gasteiger partial charge in [-0.15, -0.1) is 0 Å². The first-order chi connectivity index (χ1) is 13.9. The summed E-state index contributed by atoms with van der Waals surface area (Å²) in [4.78, 5) is 68.9. The van der Waals surface area contributed by atoms with Crippen LogP contribution < -0.4 is 21.7 Å². The summed E-state index contributed by atoms with van der Waals surface area (Å²) in [6, 6.07) is -4.01. The second-order valence-corrected chi connectivity index (χ2v) is 6.68. The van der Waals surface area contributed by atoms with Gasteiger partial charge in [0.1, 0.15) is 12.1 Å². The molecule has 170 valence electrons. The lowest BCUT2D eigenvalue weighted by atomic mass is 9.98. The van der Waals surface area contributed by atoms with Crippen LogP contribution >= 0.6 is 0 Å². The molecule has 3 amide bonds. The second-order valence-electron chi connectivity index (χ2n) is 6.68. The largest absolute Gasteiger partial charge is 0.481 e. The van der Waals surface area contributed by atoms with Gasteiger partial charge in [-0.2, -0.15) is 0 Å². The smallest absolute Gasteiger partial charge is 0.326 e. The van der Waals surface area contributed by atoms with Crippen LogP contribution in [-0.4, -0.2) is 75.6 Å². The Hall–Kier alpha value is -3.22. The van der Waals surface area contributed by atoms with E-state index in [2.05, 4.69) is 16.0 Å². The molecule has 13 heteroatoms. The summed E-state index contributed by atoms with van der Waals surface area (Å²) in [7, 11) is 0. The van der Waals surface area contributed by atoms with E-state index in [-0.39, 0.29) is 12.8 Å². The molecule has 8 N–H and O–H groups in total. The first-order valence-electron chi connectivity index (χ1n) is 9.18. The molecule has 0 aliphatic heterocycles. The summed E-state index contributed by atoms with van der Waals surface area (Å²) in [5.74, 6) is -7.01. The highest BCUT2D eigenvalue weighted by molar-refractivity contribution is 5.94. The molecule has 0 aromatic heterocycles. The normalized spacial score (nSPS) is 14.5. The van der Waals surface area contributed by atoms with Gasteiger partial charge >= 0.3 is 17.9 Å². The lowest BCUT2D eigenvalue weighted by Crippen LogP contribution is -2.55. The highest BCUT2D eigenvalue weighted by atomic mass is 16.4. The fourth-order valence-corrected chi connectivity index (χ4v) is 2.27. The monoisotopic (exact) mass is 432 g/mol. The lowest BCUT2D eigenvalue weighted by molar-refractivity contribution is -0.144. The Labute approximate surface area is 172 Å². The SMILES string of the molecule is CCC(C)C(NC(=O)C(CC(=O)O)NC(=O)CNC(=O)C(N)CCC(=O)O)C(=O)O. The third-order valence-electron chi connectivity index (χ3n) is 4.24. The van der Waals surface area contributed by atoms with Gasteiger partial charge < -0.3 is 37.0 Å². The van der Waals surface area contributed by atoms with Crippen molar-refractivity contribution in [3.63, 3.8) is 0 Å². The summed E-state index contributed by atoms with van der Waals surface area (Å²) in [5.41, 5.74) is 5.49. The first-order valence-corrected chi connectivity index (χ1v) is 9.18. The fraction of sp³-hybridized carbons (Fsp3) is 0.647. The van der Waals surface area contributed by atoms with Gasteiger partial charge in [-0.3, -0.25) is 24.0 Å². The summed E-state index contributed by atoms with van der Waals surface area (Å²) in [5, 5.41) is 33.2. The van der Waals surface area contributed by atoms with Gasteiger partial charge in [0, 0.05) is 6.42 Å². The van der Waals surface area contributed by atoms with Crippen LogP contribution in [-0.2, 0) is 28.8 Å². The fourth-order valence-electron chi connectivity index (χ4n) is 2.27. The van der Waals surface area contributed by atoms with Gasteiger partial charge in [-0.05, 0) is 12.3 Å². The van der Waals surface area contributed by atoms with Crippen LogP contribution in [0.15, 0.2) is 0 Å². The van der Waals surface area contributed by atoms with Crippen LogP contribution in [0, 0.1) is 5.92 Å². The molecule has 0 aliphatic rings. The Bertz CT molecular complexity index is 668. The van der Waals surface area contributed by atoms with E-state index in [0.717, 1.165) is 0 Å².